The zero-order valence-electron chi connectivity index (χ0n) is 9.59. The van der Waals surface area contributed by atoms with Crippen LogP contribution in [0.5, 0.6) is 0 Å². The van der Waals surface area contributed by atoms with Gasteiger partial charge in [0.1, 0.15) is 5.82 Å². The highest BCUT2D eigenvalue weighted by Gasteiger charge is 2.18. The Morgan fingerprint density at radius 2 is 2.12 bits per heavy atom. The van der Waals surface area contributed by atoms with Gasteiger partial charge in [-0.1, -0.05) is 18.2 Å². The van der Waals surface area contributed by atoms with Gasteiger partial charge in [0.2, 0.25) is 11.1 Å². The number of nitrogens with zero attached hydrogens (tertiary/aromatic N) is 3. The van der Waals surface area contributed by atoms with Crippen LogP contribution in [0.3, 0.4) is 0 Å². The zero-order valence-corrected chi connectivity index (χ0v) is 10.4. The summed E-state index contributed by atoms with van der Waals surface area (Å²) < 4.78 is 17.5. The summed E-state index contributed by atoms with van der Waals surface area (Å²) in [6.07, 6.45) is 0. The summed E-state index contributed by atoms with van der Waals surface area (Å²) in [4.78, 5) is 5.93. The molecule has 2 N–H and O–H groups in total. The molecule has 2 rings (SSSR count). The van der Waals surface area contributed by atoms with E-state index in [9.17, 15) is 4.39 Å². The molecule has 0 aliphatic heterocycles. The lowest BCUT2D eigenvalue weighted by molar-refractivity contribution is 0.585. The van der Waals surface area contributed by atoms with E-state index in [-0.39, 0.29) is 17.8 Å². The number of halogens is 1. The number of hydrogen-bond donors (Lipinski definition) is 1. The summed E-state index contributed by atoms with van der Waals surface area (Å²) in [6, 6.07) is 6.59. The van der Waals surface area contributed by atoms with Crippen molar-refractivity contribution in [3.05, 3.63) is 35.6 Å². The van der Waals surface area contributed by atoms with E-state index >= 15 is 0 Å². The molecule has 6 heteroatoms. The van der Waals surface area contributed by atoms with Gasteiger partial charge in [0, 0.05) is 24.1 Å². The lowest BCUT2D eigenvalue weighted by atomic mass is 10.1. The van der Waals surface area contributed by atoms with Gasteiger partial charge in [-0.2, -0.15) is 9.36 Å². The van der Waals surface area contributed by atoms with E-state index in [1.807, 2.05) is 24.9 Å². The van der Waals surface area contributed by atoms with E-state index in [4.69, 9.17) is 5.73 Å². The Balaban J connectivity index is 2.26. The zero-order chi connectivity index (χ0) is 12.4. The molecule has 2 aromatic rings. The summed E-state index contributed by atoms with van der Waals surface area (Å²) in [5.41, 5.74) is 6.10. The molecular formula is C11H13FN4S. The van der Waals surface area contributed by atoms with Gasteiger partial charge < -0.3 is 10.6 Å². The van der Waals surface area contributed by atoms with Crippen LogP contribution in [-0.4, -0.2) is 16.4 Å². The van der Waals surface area contributed by atoms with Gasteiger partial charge >= 0.3 is 0 Å². The maximum atomic E-state index is 13.6. The summed E-state index contributed by atoms with van der Waals surface area (Å²) in [5, 5.41) is 0.679. The average Bonchev–Trinajstić information content (AvgIpc) is 2.75. The van der Waals surface area contributed by atoms with Crippen LogP contribution in [0.2, 0.25) is 0 Å². The normalized spacial score (nSPS) is 12.4. The lowest BCUT2D eigenvalue weighted by Crippen LogP contribution is -2.22. The highest BCUT2D eigenvalue weighted by Crippen LogP contribution is 2.28. The van der Waals surface area contributed by atoms with E-state index in [1.165, 1.54) is 17.6 Å². The standard InChI is InChI=1S/C11H13FN4S/c1-7(8-5-3-4-6-9(8)12)16(2)11-14-10(13)15-17-11/h3-7H,1-2H3,(H2,13,15). The summed E-state index contributed by atoms with van der Waals surface area (Å²) >= 11 is 1.20. The third-order valence-electron chi connectivity index (χ3n) is 2.67. The van der Waals surface area contributed by atoms with Gasteiger partial charge in [0.05, 0.1) is 6.04 Å². The summed E-state index contributed by atoms with van der Waals surface area (Å²) in [5.74, 6) is 0.0296. The minimum absolute atomic E-state index is 0.122. The molecule has 0 radical (unpaired) electrons. The first-order chi connectivity index (χ1) is 8.09. The molecule has 0 spiro atoms. The molecule has 0 saturated carbocycles. The third-order valence-corrected chi connectivity index (χ3v) is 3.49. The number of rotatable bonds is 3. The number of nitrogens with two attached hydrogens (primary N) is 1. The third kappa shape index (κ3) is 2.36. The van der Waals surface area contributed by atoms with Gasteiger partial charge in [0.25, 0.3) is 0 Å². The van der Waals surface area contributed by atoms with Gasteiger partial charge in [0.15, 0.2) is 0 Å². The van der Waals surface area contributed by atoms with Crippen LogP contribution in [0.15, 0.2) is 24.3 Å². The van der Waals surface area contributed by atoms with E-state index in [2.05, 4.69) is 9.36 Å². The molecule has 0 aliphatic rings. The topological polar surface area (TPSA) is 55.0 Å². The van der Waals surface area contributed by atoms with Crippen LogP contribution in [0.1, 0.15) is 18.5 Å². The van der Waals surface area contributed by atoms with Gasteiger partial charge in [-0.25, -0.2) is 4.39 Å². The van der Waals surface area contributed by atoms with Crippen LogP contribution >= 0.6 is 11.5 Å². The monoisotopic (exact) mass is 252 g/mol. The number of nitrogen functional groups attached to an aromatic ring is 1. The first-order valence-corrected chi connectivity index (χ1v) is 5.93. The highest BCUT2D eigenvalue weighted by atomic mass is 32.1. The van der Waals surface area contributed by atoms with Gasteiger partial charge in [-0.15, -0.1) is 0 Å². The molecule has 0 saturated heterocycles. The SMILES string of the molecule is CC(c1ccccc1F)N(C)c1nc(N)ns1. The van der Waals surface area contributed by atoms with Crippen molar-refractivity contribution in [1.82, 2.24) is 9.36 Å². The molecule has 4 nitrogen and oxygen atoms in total. The van der Waals surface area contributed by atoms with Crippen LogP contribution < -0.4 is 10.6 Å². The summed E-state index contributed by atoms with van der Waals surface area (Å²) in [6.45, 7) is 1.91. The fourth-order valence-electron chi connectivity index (χ4n) is 1.56. The van der Waals surface area contributed by atoms with Crippen LogP contribution in [0.25, 0.3) is 0 Å². The number of benzene rings is 1. The quantitative estimate of drug-likeness (QED) is 0.911. The molecule has 1 heterocycles. The molecule has 1 aromatic heterocycles. The largest absolute Gasteiger partial charge is 0.367 e. The Bertz CT molecular complexity index is 514. The minimum atomic E-state index is -0.218. The van der Waals surface area contributed by atoms with E-state index < -0.39 is 0 Å². The van der Waals surface area contributed by atoms with Crippen molar-refractivity contribution in [2.24, 2.45) is 0 Å². The van der Waals surface area contributed by atoms with E-state index in [0.717, 1.165) is 0 Å². The number of aromatic nitrogens is 2. The predicted molar refractivity (Wildman–Crippen MR) is 67.5 cm³/mol. The lowest BCUT2D eigenvalue weighted by Gasteiger charge is -2.24. The number of anilines is 2. The molecule has 1 atom stereocenters. The fraction of sp³-hybridized carbons (Fsp3) is 0.273. The Kier molecular flexibility index (Phi) is 3.23. The van der Waals surface area contributed by atoms with Crippen molar-refractivity contribution in [3.63, 3.8) is 0 Å². The van der Waals surface area contributed by atoms with Crippen molar-refractivity contribution in [1.29, 1.82) is 0 Å². The fourth-order valence-corrected chi connectivity index (χ4v) is 2.20. The smallest absolute Gasteiger partial charge is 0.233 e. The second kappa shape index (κ2) is 4.67. The summed E-state index contributed by atoms with van der Waals surface area (Å²) in [7, 11) is 1.84. The van der Waals surface area contributed by atoms with Gasteiger partial charge in [-0.05, 0) is 13.0 Å². The molecule has 17 heavy (non-hydrogen) atoms. The Hall–Kier alpha value is -1.69. The van der Waals surface area contributed by atoms with Gasteiger partial charge in [-0.3, -0.25) is 0 Å². The van der Waals surface area contributed by atoms with Crippen LogP contribution in [-0.2, 0) is 0 Å². The molecule has 1 unspecified atom stereocenters. The van der Waals surface area contributed by atoms with Crippen molar-refractivity contribution in [3.8, 4) is 0 Å². The molecule has 90 valence electrons. The molecule has 0 fully saturated rings. The van der Waals surface area contributed by atoms with Crippen molar-refractivity contribution in [2.75, 3.05) is 17.7 Å². The second-order valence-corrected chi connectivity index (χ2v) is 4.47. The van der Waals surface area contributed by atoms with E-state index in [0.29, 0.717) is 10.7 Å². The molecule has 0 bridgehead atoms. The van der Waals surface area contributed by atoms with Crippen molar-refractivity contribution in [2.45, 2.75) is 13.0 Å². The second-order valence-electron chi connectivity index (χ2n) is 3.74. The molecule has 0 aliphatic carbocycles. The predicted octanol–water partition coefficient (Wildman–Crippen LogP) is 2.46. The van der Waals surface area contributed by atoms with Crippen molar-refractivity contribution < 1.29 is 4.39 Å². The first kappa shape index (κ1) is 11.8. The molecular weight excluding hydrogens is 239 g/mol. The Labute approximate surface area is 103 Å². The minimum Gasteiger partial charge on any atom is -0.367 e. The Morgan fingerprint density at radius 3 is 2.71 bits per heavy atom. The number of hydrogen-bond acceptors (Lipinski definition) is 5. The van der Waals surface area contributed by atoms with Crippen LogP contribution in [0.4, 0.5) is 15.5 Å². The van der Waals surface area contributed by atoms with Crippen LogP contribution in [0, 0.1) is 5.82 Å². The maximum Gasteiger partial charge on any atom is 0.233 e. The highest BCUT2D eigenvalue weighted by molar-refractivity contribution is 7.09. The first-order valence-electron chi connectivity index (χ1n) is 5.16. The van der Waals surface area contributed by atoms with Crippen molar-refractivity contribution >= 4 is 22.6 Å². The maximum absolute atomic E-state index is 13.6. The molecule has 1 aromatic carbocycles. The van der Waals surface area contributed by atoms with E-state index in [1.54, 1.807) is 12.1 Å². The average molecular weight is 252 g/mol. The molecule has 0 amide bonds. The Morgan fingerprint density at radius 1 is 1.41 bits per heavy atom.